The number of halogens is 1. The van der Waals surface area contributed by atoms with Gasteiger partial charge in [0.05, 0.1) is 17.2 Å². The quantitative estimate of drug-likeness (QED) is 0.755. The topological polar surface area (TPSA) is 106 Å². The van der Waals surface area contributed by atoms with Crippen LogP contribution in [0.1, 0.15) is 6.42 Å². The van der Waals surface area contributed by atoms with Crippen molar-refractivity contribution in [1.29, 1.82) is 0 Å². The first-order valence-corrected chi connectivity index (χ1v) is 9.57. The molecule has 1 aliphatic rings. The Morgan fingerprint density at radius 1 is 1.37 bits per heavy atom. The van der Waals surface area contributed by atoms with Crippen LogP contribution >= 0.6 is 15.9 Å². The summed E-state index contributed by atoms with van der Waals surface area (Å²) in [5.41, 5.74) is 5.77. The Morgan fingerprint density at radius 2 is 2.05 bits per heavy atom. The standard InChI is InChI=1S/C10H13BrN2O4S2/c11-7-1-2-9(12)10(5-7)19(16,17)13-8-3-4-18(14,15)6-8/h1-2,5,8,13H,3-4,6,12H2. The molecule has 19 heavy (non-hydrogen) atoms. The van der Waals surface area contributed by atoms with Gasteiger partial charge in [-0.25, -0.2) is 21.6 Å². The van der Waals surface area contributed by atoms with Gasteiger partial charge in [0.1, 0.15) is 4.90 Å². The minimum absolute atomic E-state index is 0.00809. The number of sulfonamides is 1. The van der Waals surface area contributed by atoms with E-state index in [1.807, 2.05) is 0 Å². The van der Waals surface area contributed by atoms with E-state index in [2.05, 4.69) is 20.7 Å². The number of benzene rings is 1. The van der Waals surface area contributed by atoms with E-state index in [1.54, 1.807) is 6.07 Å². The van der Waals surface area contributed by atoms with Crippen LogP contribution in [0.25, 0.3) is 0 Å². The minimum Gasteiger partial charge on any atom is -0.398 e. The normalized spacial score (nSPS) is 22.5. The molecular weight excluding hydrogens is 356 g/mol. The summed E-state index contributed by atoms with van der Waals surface area (Å²) in [5, 5.41) is 0. The van der Waals surface area contributed by atoms with Crippen LogP contribution in [0.15, 0.2) is 27.6 Å². The number of nitrogens with one attached hydrogen (secondary N) is 1. The lowest BCUT2D eigenvalue weighted by atomic mass is 10.3. The second kappa shape index (κ2) is 5.04. The highest BCUT2D eigenvalue weighted by Gasteiger charge is 2.32. The van der Waals surface area contributed by atoms with E-state index < -0.39 is 25.9 Å². The van der Waals surface area contributed by atoms with E-state index in [0.717, 1.165) is 0 Å². The first-order valence-electron chi connectivity index (χ1n) is 5.47. The second-order valence-electron chi connectivity index (χ2n) is 4.40. The minimum atomic E-state index is -3.82. The predicted octanol–water partition coefficient (Wildman–Crippen LogP) is 0.497. The molecule has 1 heterocycles. The molecular formula is C10H13BrN2O4S2. The third-order valence-electron chi connectivity index (χ3n) is 2.82. The van der Waals surface area contributed by atoms with Gasteiger partial charge in [-0.05, 0) is 24.6 Å². The van der Waals surface area contributed by atoms with Crippen LogP contribution in [-0.2, 0) is 19.9 Å². The maximum Gasteiger partial charge on any atom is 0.242 e. The van der Waals surface area contributed by atoms with E-state index in [4.69, 9.17) is 5.73 Å². The zero-order chi connectivity index (χ0) is 14.3. The summed E-state index contributed by atoms with van der Waals surface area (Å²) in [4.78, 5) is -0.0498. The molecule has 106 valence electrons. The van der Waals surface area contributed by atoms with Crippen molar-refractivity contribution in [3.63, 3.8) is 0 Å². The lowest BCUT2D eigenvalue weighted by Crippen LogP contribution is -2.35. The Bertz CT molecular complexity index is 700. The molecule has 1 aliphatic heterocycles. The first kappa shape index (κ1) is 14.8. The monoisotopic (exact) mass is 368 g/mol. The summed E-state index contributed by atoms with van der Waals surface area (Å²) in [7, 11) is -6.95. The number of sulfone groups is 1. The van der Waals surface area contributed by atoms with Crippen molar-refractivity contribution in [3.05, 3.63) is 22.7 Å². The molecule has 0 saturated carbocycles. The summed E-state index contributed by atoms with van der Waals surface area (Å²) in [6.45, 7) is 0. The molecule has 1 unspecified atom stereocenters. The van der Waals surface area contributed by atoms with Crippen molar-refractivity contribution in [1.82, 2.24) is 4.72 Å². The smallest absolute Gasteiger partial charge is 0.242 e. The summed E-state index contributed by atoms with van der Waals surface area (Å²) < 4.78 is 49.9. The molecule has 0 bridgehead atoms. The third-order valence-corrected chi connectivity index (χ3v) is 6.66. The van der Waals surface area contributed by atoms with Crippen molar-refractivity contribution < 1.29 is 16.8 Å². The van der Waals surface area contributed by atoms with Crippen molar-refractivity contribution in [3.8, 4) is 0 Å². The van der Waals surface area contributed by atoms with Crippen molar-refractivity contribution in [2.75, 3.05) is 17.2 Å². The predicted molar refractivity (Wildman–Crippen MR) is 75.9 cm³/mol. The van der Waals surface area contributed by atoms with Crippen molar-refractivity contribution in [2.45, 2.75) is 17.4 Å². The molecule has 1 fully saturated rings. The summed E-state index contributed by atoms with van der Waals surface area (Å²) >= 11 is 3.18. The number of hydrogen-bond donors (Lipinski definition) is 2. The van der Waals surface area contributed by atoms with Gasteiger partial charge < -0.3 is 5.73 Å². The first-order chi connectivity index (χ1) is 8.70. The van der Waals surface area contributed by atoms with E-state index in [9.17, 15) is 16.8 Å². The number of nitrogens with two attached hydrogens (primary N) is 1. The van der Waals surface area contributed by atoms with Gasteiger partial charge in [-0.1, -0.05) is 15.9 Å². The van der Waals surface area contributed by atoms with Gasteiger partial charge in [-0.2, -0.15) is 0 Å². The van der Waals surface area contributed by atoms with Crippen LogP contribution in [0, 0.1) is 0 Å². The Kier molecular flexibility index (Phi) is 3.92. The Morgan fingerprint density at radius 3 is 2.63 bits per heavy atom. The molecule has 6 nitrogen and oxygen atoms in total. The SMILES string of the molecule is Nc1ccc(Br)cc1S(=O)(=O)NC1CCS(=O)(=O)C1. The van der Waals surface area contributed by atoms with Gasteiger partial charge >= 0.3 is 0 Å². The van der Waals surface area contributed by atoms with Crippen LogP contribution in [0.3, 0.4) is 0 Å². The molecule has 3 N–H and O–H groups in total. The molecule has 0 aliphatic carbocycles. The van der Waals surface area contributed by atoms with Gasteiger partial charge in [0.15, 0.2) is 9.84 Å². The van der Waals surface area contributed by atoms with Crippen LogP contribution in [0.2, 0.25) is 0 Å². The number of nitrogen functional groups attached to an aromatic ring is 1. The van der Waals surface area contributed by atoms with E-state index in [1.165, 1.54) is 12.1 Å². The van der Waals surface area contributed by atoms with Gasteiger partial charge in [-0.15, -0.1) is 0 Å². The molecule has 2 rings (SSSR count). The van der Waals surface area contributed by atoms with Crippen molar-refractivity contribution in [2.24, 2.45) is 0 Å². The van der Waals surface area contributed by atoms with Crippen LogP contribution in [-0.4, -0.2) is 34.4 Å². The average molecular weight is 369 g/mol. The molecule has 9 heteroatoms. The number of anilines is 1. The maximum atomic E-state index is 12.2. The average Bonchev–Trinajstić information content (AvgIpc) is 2.60. The van der Waals surface area contributed by atoms with Gasteiger partial charge in [0.2, 0.25) is 10.0 Å². The molecule has 1 aromatic rings. The molecule has 0 aromatic heterocycles. The Labute approximate surface area is 120 Å². The molecule has 0 spiro atoms. The van der Waals surface area contributed by atoms with Crippen molar-refractivity contribution >= 4 is 41.5 Å². The fourth-order valence-corrected chi connectivity index (χ4v) is 5.63. The number of hydrogen-bond acceptors (Lipinski definition) is 5. The van der Waals surface area contributed by atoms with Gasteiger partial charge in [0, 0.05) is 10.5 Å². The molecule has 1 aromatic carbocycles. The summed E-state index contributed by atoms with van der Waals surface area (Å²) in [6.07, 6.45) is 0.287. The highest BCUT2D eigenvalue weighted by atomic mass is 79.9. The largest absolute Gasteiger partial charge is 0.398 e. The van der Waals surface area contributed by atoms with Crippen LogP contribution < -0.4 is 10.5 Å². The van der Waals surface area contributed by atoms with E-state index in [0.29, 0.717) is 4.47 Å². The lowest BCUT2D eigenvalue weighted by Gasteiger charge is -2.13. The molecule has 0 amide bonds. The van der Waals surface area contributed by atoms with Crippen LogP contribution in [0.5, 0.6) is 0 Å². The maximum absolute atomic E-state index is 12.2. The van der Waals surface area contributed by atoms with Crippen LogP contribution in [0.4, 0.5) is 5.69 Å². The highest BCUT2D eigenvalue weighted by molar-refractivity contribution is 9.10. The fourth-order valence-electron chi connectivity index (χ4n) is 1.91. The van der Waals surface area contributed by atoms with Gasteiger partial charge in [-0.3, -0.25) is 0 Å². The third kappa shape index (κ3) is 3.47. The van der Waals surface area contributed by atoms with E-state index in [-0.39, 0.29) is 28.5 Å². The Balaban J connectivity index is 2.26. The summed E-state index contributed by atoms with van der Waals surface area (Å²) in [5.74, 6) is -0.158. The summed E-state index contributed by atoms with van der Waals surface area (Å²) in [6, 6.07) is 3.91. The zero-order valence-corrected chi connectivity index (χ0v) is 13.1. The highest BCUT2D eigenvalue weighted by Crippen LogP contribution is 2.24. The van der Waals surface area contributed by atoms with Gasteiger partial charge in [0.25, 0.3) is 0 Å². The second-order valence-corrected chi connectivity index (χ2v) is 9.23. The molecule has 1 atom stereocenters. The molecule has 1 saturated heterocycles. The fraction of sp³-hybridized carbons (Fsp3) is 0.400. The number of rotatable bonds is 3. The lowest BCUT2D eigenvalue weighted by molar-refractivity contribution is 0.563. The molecule has 0 radical (unpaired) electrons. The van der Waals surface area contributed by atoms with E-state index >= 15 is 0 Å². The Hall–Kier alpha value is -0.640. The zero-order valence-electron chi connectivity index (χ0n) is 9.84.